The molecule has 1 saturated carbocycles. The topological polar surface area (TPSA) is 81.0 Å². The monoisotopic (exact) mass is 347 g/mol. The fraction of sp³-hybridized carbons (Fsp3) is 0.368. The Balaban J connectivity index is 0.000000519. The lowest BCUT2D eigenvalue weighted by Crippen LogP contribution is -1.98. The third-order valence-corrected chi connectivity index (χ3v) is 3.76. The fourth-order valence-corrected chi connectivity index (χ4v) is 2.08. The molecule has 5 nitrogen and oxygen atoms in total. The van der Waals surface area contributed by atoms with Gasteiger partial charge in [0.25, 0.3) is 6.47 Å². The number of nitrogens with zero attached hydrogens (tertiary/aromatic N) is 2. The molecule has 136 valence electrons. The van der Waals surface area contributed by atoms with Crippen molar-refractivity contribution in [3.8, 4) is 17.3 Å². The predicted molar refractivity (Wildman–Crippen MR) is 97.2 cm³/mol. The molecule has 1 heterocycles. The van der Waals surface area contributed by atoms with Crippen LogP contribution in [0.1, 0.15) is 25.5 Å². The van der Waals surface area contributed by atoms with Crippen LogP contribution in [-0.2, 0) is 16.6 Å². The first kappa shape index (κ1) is 20.4. The molecule has 25 heavy (non-hydrogen) atoms. The standard InChI is InChI=1S/C13H11FN2.C4H9N.C2H4O2.H2/c1-9-3-5-11(12(14)7-9)13-6-4-10(8-15)16(13)2;5-3-4-1-2-4;1-4-2-3;/h3-7H,1-2H3;4H,1-3,5H2;2H,1H3;1H. The van der Waals surface area contributed by atoms with Crippen LogP contribution in [0.25, 0.3) is 11.3 Å². The summed E-state index contributed by atoms with van der Waals surface area (Å²) in [5.74, 6) is 0.653. The normalized spacial score (nSPS) is 12.0. The molecule has 0 bridgehead atoms. The number of nitrogens with two attached hydrogens (primary N) is 1. The maximum atomic E-state index is 13.7. The second kappa shape index (κ2) is 10.3. The van der Waals surface area contributed by atoms with E-state index in [0.29, 0.717) is 23.4 Å². The van der Waals surface area contributed by atoms with Gasteiger partial charge in [0.15, 0.2) is 0 Å². The van der Waals surface area contributed by atoms with E-state index in [1.165, 1.54) is 26.0 Å². The molecule has 0 spiro atoms. The average Bonchev–Trinajstić information content (AvgIpc) is 3.39. The molecule has 0 atom stereocenters. The van der Waals surface area contributed by atoms with E-state index in [4.69, 9.17) is 15.8 Å². The Kier molecular flexibility index (Phi) is 8.37. The van der Waals surface area contributed by atoms with Gasteiger partial charge in [0.2, 0.25) is 0 Å². The van der Waals surface area contributed by atoms with Crippen LogP contribution in [-0.4, -0.2) is 24.7 Å². The van der Waals surface area contributed by atoms with Crippen molar-refractivity contribution in [1.29, 1.82) is 5.26 Å². The number of halogens is 1. The molecule has 1 fully saturated rings. The molecule has 1 aliphatic rings. The van der Waals surface area contributed by atoms with Gasteiger partial charge >= 0.3 is 0 Å². The molecule has 0 aliphatic heterocycles. The quantitative estimate of drug-likeness (QED) is 0.863. The van der Waals surface area contributed by atoms with E-state index in [1.807, 2.05) is 13.0 Å². The predicted octanol–water partition coefficient (Wildman–Crippen LogP) is 3.40. The molecule has 3 rings (SSSR count). The van der Waals surface area contributed by atoms with Gasteiger partial charge in [-0.2, -0.15) is 5.26 Å². The molecular formula is C19H26FN3O2. The molecule has 2 N–H and O–H groups in total. The van der Waals surface area contributed by atoms with Gasteiger partial charge in [-0.25, -0.2) is 4.39 Å². The van der Waals surface area contributed by atoms with Crippen LogP contribution in [0.3, 0.4) is 0 Å². The van der Waals surface area contributed by atoms with Gasteiger partial charge in [0, 0.05) is 14.0 Å². The zero-order valence-corrected chi connectivity index (χ0v) is 14.8. The van der Waals surface area contributed by atoms with Crippen molar-refractivity contribution in [2.24, 2.45) is 18.7 Å². The minimum atomic E-state index is -0.259. The summed E-state index contributed by atoms with van der Waals surface area (Å²) in [5.41, 5.74) is 7.88. The zero-order valence-electron chi connectivity index (χ0n) is 14.8. The van der Waals surface area contributed by atoms with Gasteiger partial charge in [-0.3, -0.25) is 4.79 Å². The summed E-state index contributed by atoms with van der Waals surface area (Å²) in [6.45, 7) is 3.14. The summed E-state index contributed by atoms with van der Waals surface area (Å²) in [7, 11) is 3.07. The van der Waals surface area contributed by atoms with Crippen molar-refractivity contribution in [3.05, 3.63) is 47.4 Å². The number of methoxy groups -OCH3 is 1. The first-order valence-electron chi connectivity index (χ1n) is 7.97. The minimum Gasteiger partial charge on any atom is -0.471 e. The van der Waals surface area contributed by atoms with Crippen LogP contribution in [0.5, 0.6) is 0 Å². The third kappa shape index (κ3) is 6.40. The fourth-order valence-electron chi connectivity index (χ4n) is 2.08. The highest BCUT2D eigenvalue weighted by Gasteiger charge is 2.17. The first-order valence-corrected chi connectivity index (χ1v) is 7.97. The van der Waals surface area contributed by atoms with Crippen molar-refractivity contribution in [3.63, 3.8) is 0 Å². The van der Waals surface area contributed by atoms with E-state index >= 15 is 0 Å². The number of hydrogen-bond donors (Lipinski definition) is 1. The van der Waals surface area contributed by atoms with E-state index < -0.39 is 0 Å². The lowest BCUT2D eigenvalue weighted by molar-refractivity contribution is -0.126. The number of carbonyl (C=O) groups is 1. The van der Waals surface area contributed by atoms with E-state index in [9.17, 15) is 4.39 Å². The van der Waals surface area contributed by atoms with Gasteiger partial charge in [-0.1, -0.05) is 6.07 Å². The lowest BCUT2D eigenvalue weighted by atomic mass is 10.1. The summed E-state index contributed by atoms with van der Waals surface area (Å²) in [6, 6.07) is 10.6. The van der Waals surface area contributed by atoms with Crippen LogP contribution < -0.4 is 5.73 Å². The Labute approximate surface area is 149 Å². The number of aromatic nitrogens is 1. The highest BCUT2D eigenvalue weighted by Crippen LogP contribution is 2.26. The summed E-state index contributed by atoms with van der Waals surface area (Å²) in [5, 5.41) is 8.83. The molecule has 1 aromatic heterocycles. The van der Waals surface area contributed by atoms with Crippen molar-refractivity contribution in [1.82, 2.24) is 4.57 Å². The van der Waals surface area contributed by atoms with Crippen LogP contribution in [0.15, 0.2) is 30.3 Å². The van der Waals surface area contributed by atoms with Gasteiger partial charge in [0.1, 0.15) is 17.6 Å². The van der Waals surface area contributed by atoms with Crippen LogP contribution in [0, 0.1) is 30.0 Å². The molecule has 0 radical (unpaired) electrons. The number of rotatable bonds is 3. The Morgan fingerprint density at radius 2 is 2.08 bits per heavy atom. The van der Waals surface area contributed by atoms with Crippen molar-refractivity contribution in [2.75, 3.05) is 13.7 Å². The number of hydrogen-bond acceptors (Lipinski definition) is 4. The highest BCUT2D eigenvalue weighted by molar-refractivity contribution is 5.63. The number of carbonyl (C=O) groups excluding carboxylic acids is 1. The molecule has 0 amide bonds. The molecular weight excluding hydrogens is 321 g/mol. The SMILES string of the molecule is COC=O.Cc1ccc(-c2ccc(C#N)n2C)c(F)c1.NCC1CC1.[HH]. The summed E-state index contributed by atoms with van der Waals surface area (Å²) in [4.78, 5) is 8.95. The number of aryl methyl sites for hydroxylation is 1. The Morgan fingerprint density at radius 3 is 2.44 bits per heavy atom. The second-order valence-electron chi connectivity index (χ2n) is 5.77. The number of benzene rings is 1. The van der Waals surface area contributed by atoms with Gasteiger partial charge in [-0.05, 0) is 62.1 Å². The third-order valence-electron chi connectivity index (χ3n) is 3.76. The highest BCUT2D eigenvalue weighted by atomic mass is 19.1. The summed E-state index contributed by atoms with van der Waals surface area (Å²) in [6.07, 6.45) is 2.77. The van der Waals surface area contributed by atoms with Crippen LogP contribution in [0.4, 0.5) is 4.39 Å². The van der Waals surface area contributed by atoms with Gasteiger partial charge in [-0.15, -0.1) is 0 Å². The molecule has 2 aromatic rings. The Bertz CT molecular complexity index is 737. The number of nitriles is 1. The summed E-state index contributed by atoms with van der Waals surface area (Å²) < 4.78 is 19.3. The van der Waals surface area contributed by atoms with E-state index in [2.05, 4.69) is 10.8 Å². The molecule has 0 saturated heterocycles. The molecule has 1 aliphatic carbocycles. The second-order valence-corrected chi connectivity index (χ2v) is 5.77. The van der Waals surface area contributed by atoms with E-state index in [0.717, 1.165) is 18.0 Å². The molecule has 0 unspecified atom stereocenters. The van der Waals surface area contributed by atoms with Crippen molar-refractivity contribution in [2.45, 2.75) is 19.8 Å². The van der Waals surface area contributed by atoms with Crippen molar-refractivity contribution < 1.29 is 15.3 Å². The van der Waals surface area contributed by atoms with E-state index in [1.54, 1.807) is 29.8 Å². The van der Waals surface area contributed by atoms with Gasteiger partial charge < -0.3 is 15.0 Å². The Hall–Kier alpha value is -2.65. The maximum absolute atomic E-state index is 13.7. The molecule has 6 heteroatoms. The van der Waals surface area contributed by atoms with Crippen LogP contribution >= 0.6 is 0 Å². The van der Waals surface area contributed by atoms with Crippen LogP contribution in [0.2, 0.25) is 0 Å². The maximum Gasteiger partial charge on any atom is 0.292 e. The lowest BCUT2D eigenvalue weighted by Gasteiger charge is -2.06. The minimum absolute atomic E-state index is 0. The number of ether oxygens (including phenoxy) is 1. The largest absolute Gasteiger partial charge is 0.471 e. The zero-order chi connectivity index (χ0) is 18.8. The average molecular weight is 347 g/mol. The smallest absolute Gasteiger partial charge is 0.292 e. The van der Waals surface area contributed by atoms with Crippen molar-refractivity contribution >= 4 is 6.47 Å². The first-order chi connectivity index (χ1) is 12.0. The Morgan fingerprint density at radius 1 is 1.44 bits per heavy atom. The summed E-state index contributed by atoms with van der Waals surface area (Å²) >= 11 is 0. The van der Waals surface area contributed by atoms with Gasteiger partial charge in [0.05, 0.1) is 12.8 Å². The molecule has 1 aromatic carbocycles. The van der Waals surface area contributed by atoms with E-state index in [-0.39, 0.29) is 7.24 Å².